The van der Waals surface area contributed by atoms with E-state index in [-0.39, 0.29) is 46.6 Å². The van der Waals surface area contributed by atoms with E-state index in [0.29, 0.717) is 47.1 Å². The molecular formula is C25H25IN3O6-. The van der Waals surface area contributed by atoms with Gasteiger partial charge in [0, 0.05) is 0 Å². The molecule has 0 aliphatic carbocycles. The molecule has 0 fully saturated rings. The van der Waals surface area contributed by atoms with Crippen LogP contribution in [0.2, 0.25) is 0 Å². The van der Waals surface area contributed by atoms with Crippen LogP contribution in [0, 0.1) is 0 Å². The summed E-state index contributed by atoms with van der Waals surface area (Å²) in [5, 5.41) is 12.1. The van der Waals surface area contributed by atoms with Gasteiger partial charge in [0.25, 0.3) is 0 Å². The standard InChI is InChI=1S/C25H25IN3O6/c1-4-25(32)17-6-19-22-15(9-29(19)23(30)16(17)10-33-24(25)31)14(8-28(3)11-26-2)13-5-20-21(35-12-34-20)7-18(13)27-22/h5-7,32H,4,8-12H2,1-3H3/q-1/t25-/m0/s1. The fraction of sp³-hybridized carbons (Fsp3) is 0.400. The predicted octanol–water partition coefficient (Wildman–Crippen LogP) is -1.08. The van der Waals surface area contributed by atoms with Crippen LogP contribution in [0.15, 0.2) is 23.0 Å². The van der Waals surface area contributed by atoms with E-state index in [4.69, 9.17) is 19.2 Å². The van der Waals surface area contributed by atoms with Crippen molar-refractivity contribution in [1.82, 2.24) is 14.5 Å². The van der Waals surface area contributed by atoms with E-state index < -0.39 is 11.6 Å². The third-order valence-electron chi connectivity index (χ3n) is 7.05. The maximum absolute atomic E-state index is 13.6. The second kappa shape index (κ2) is 8.17. The summed E-state index contributed by atoms with van der Waals surface area (Å²) < 4.78 is 19.1. The molecule has 2 aromatic heterocycles. The molecule has 0 saturated carbocycles. The zero-order valence-corrected chi connectivity index (χ0v) is 21.8. The van der Waals surface area contributed by atoms with Crippen molar-refractivity contribution < 1.29 is 45.3 Å². The number of nitrogens with zero attached hydrogens (tertiary/aromatic N) is 3. The summed E-state index contributed by atoms with van der Waals surface area (Å²) in [6.07, 6.45) is 0.110. The van der Waals surface area contributed by atoms with Crippen molar-refractivity contribution in [3.63, 3.8) is 0 Å². The number of carbonyl (C=O) groups is 1. The number of pyridine rings is 2. The van der Waals surface area contributed by atoms with Crippen molar-refractivity contribution in [3.05, 3.63) is 50.8 Å². The molecule has 0 unspecified atom stereocenters. The Hall–Kier alpha value is -2.70. The average Bonchev–Trinajstić information content (AvgIpc) is 3.45. The number of fused-ring (bicyclic) bond motifs is 6. The van der Waals surface area contributed by atoms with Crippen molar-refractivity contribution in [2.75, 3.05) is 23.3 Å². The van der Waals surface area contributed by atoms with Gasteiger partial charge < -0.3 is 0 Å². The molecule has 1 atom stereocenters. The number of hydrogen-bond donors (Lipinski definition) is 1. The first-order chi connectivity index (χ1) is 16.9. The van der Waals surface area contributed by atoms with Crippen LogP contribution in [0.1, 0.15) is 35.6 Å². The van der Waals surface area contributed by atoms with Crippen molar-refractivity contribution >= 4 is 16.9 Å². The second-order valence-corrected chi connectivity index (χ2v) is 11.4. The van der Waals surface area contributed by atoms with E-state index in [9.17, 15) is 14.7 Å². The molecule has 184 valence electrons. The average molecular weight is 590 g/mol. The maximum atomic E-state index is 13.6. The number of cyclic esters (lactones) is 1. The van der Waals surface area contributed by atoms with Gasteiger partial charge in [0.1, 0.15) is 0 Å². The third kappa shape index (κ3) is 3.30. The van der Waals surface area contributed by atoms with Gasteiger partial charge in [-0.25, -0.2) is 0 Å². The van der Waals surface area contributed by atoms with E-state index in [1.165, 1.54) is 0 Å². The van der Waals surface area contributed by atoms with Gasteiger partial charge in [0.2, 0.25) is 0 Å². The molecule has 6 rings (SSSR count). The number of halogens is 1. The van der Waals surface area contributed by atoms with Gasteiger partial charge in [0.05, 0.1) is 0 Å². The van der Waals surface area contributed by atoms with Crippen LogP contribution in [0.5, 0.6) is 11.5 Å². The monoisotopic (exact) mass is 590 g/mol. The summed E-state index contributed by atoms with van der Waals surface area (Å²) >= 11 is 0.0733. The normalized spacial score (nSPS) is 19.7. The Morgan fingerprint density at radius 1 is 1.17 bits per heavy atom. The molecule has 3 aliphatic heterocycles. The van der Waals surface area contributed by atoms with Crippen molar-refractivity contribution in [1.29, 1.82) is 0 Å². The number of alkyl halides is 2. The van der Waals surface area contributed by atoms with E-state index in [1.807, 2.05) is 12.1 Å². The van der Waals surface area contributed by atoms with Gasteiger partial charge >= 0.3 is 212 Å². The Labute approximate surface area is 211 Å². The molecular weight excluding hydrogens is 565 g/mol. The first-order valence-electron chi connectivity index (χ1n) is 11.4. The summed E-state index contributed by atoms with van der Waals surface area (Å²) in [5.41, 5.74) is 2.68. The van der Waals surface area contributed by atoms with Crippen molar-refractivity contribution in [2.45, 2.75) is 38.6 Å². The Balaban J connectivity index is 1.61. The van der Waals surface area contributed by atoms with Gasteiger partial charge in [0.15, 0.2) is 0 Å². The molecule has 0 saturated heterocycles. The summed E-state index contributed by atoms with van der Waals surface area (Å²) in [5.74, 6) is 0.616. The summed E-state index contributed by atoms with van der Waals surface area (Å²) in [6.45, 7) is 2.82. The molecule has 35 heavy (non-hydrogen) atoms. The molecule has 0 bridgehead atoms. The van der Waals surface area contributed by atoms with Crippen LogP contribution in [0.3, 0.4) is 0 Å². The van der Waals surface area contributed by atoms with Crippen LogP contribution in [-0.4, -0.2) is 48.8 Å². The zero-order chi connectivity index (χ0) is 24.5. The SMILES string of the molecule is CC[C@@]1(O)C(=O)OCc2c1cc1n(c2=O)Cc2c-1nc1cc3c(cc1c2CN(C)C[I-]C)OCO3. The van der Waals surface area contributed by atoms with Crippen LogP contribution in [0.4, 0.5) is 0 Å². The quantitative estimate of drug-likeness (QED) is 0.136. The van der Waals surface area contributed by atoms with E-state index in [0.717, 1.165) is 26.6 Å². The second-order valence-electron chi connectivity index (χ2n) is 9.14. The Kier molecular flexibility index (Phi) is 5.31. The van der Waals surface area contributed by atoms with Gasteiger partial charge in [-0.15, -0.1) is 0 Å². The molecule has 0 radical (unpaired) electrons. The Morgan fingerprint density at radius 3 is 2.69 bits per heavy atom. The first-order valence-corrected chi connectivity index (χ1v) is 15.1. The molecule has 10 heteroatoms. The zero-order valence-electron chi connectivity index (χ0n) is 19.7. The Morgan fingerprint density at radius 2 is 1.94 bits per heavy atom. The minimum absolute atomic E-state index is 0.0733. The van der Waals surface area contributed by atoms with Gasteiger partial charge in [-0.1, -0.05) is 0 Å². The number of aromatic nitrogens is 2. The van der Waals surface area contributed by atoms with E-state index in [2.05, 4.69) is 16.9 Å². The number of ether oxygens (including phenoxy) is 3. The van der Waals surface area contributed by atoms with E-state index in [1.54, 1.807) is 17.6 Å². The Bertz CT molecular complexity index is 1470. The number of rotatable bonds is 5. The molecule has 3 aromatic rings. The fourth-order valence-electron chi connectivity index (χ4n) is 5.25. The predicted molar refractivity (Wildman–Crippen MR) is 123 cm³/mol. The number of aliphatic hydroxyl groups is 1. The molecule has 5 heterocycles. The number of esters is 1. The van der Waals surface area contributed by atoms with Crippen LogP contribution >= 0.6 is 0 Å². The fourth-order valence-corrected chi connectivity index (χ4v) is 6.65. The third-order valence-corrected chi connectivity index (χ3v) is 8.90. The van der Waals surface area contributed by atoms with Crippen molar-refractivity contribution in [3.8, 4) is 22.9 Å². The topological polar surface area (TPSA) is 103 Å². The van der Waals surface area contributed by atoms with Gasteiger partial charge in [-0.05, 0) is 0 Å². The van der Waals surface area contributed by atoms with Crippen LogP contribution < -0.4 is 36.2 Å². The summed E-state index contributed by atoms with van der Waals surface area (Å²) in [7, 11) is 2.10. The minimum atomic E-state index is -1.85. The first kappa shape index (κ1) is 22.7. The summed E-state index contributed by atoms with van der Waals surface area (Å²) in [4.78, 5) is 35.5. The number of benzene rings is 1. The molecule has 0 amide bonds. The number of carbonyl (C=O) groups excluding carboxylic acids is 1. The molecule has 9 nitrogen and oxygen atoms in total. The van der Waals surface area contributed by atoms with Crippen LogP contribution in [0.25, 0.3) is 22.3 Å². The van der Waals surface area contributed by atoms with E-state index >= 15 is 0 Å². The van der Waals surface area contributed by atoms with Gasteiger partial charge in [-0.2, -0.15) is 0 Å². The summed E-state index contributed by atoms with van der Waals surface area (Å²) in [6, 6.07) is 5.62. The van der Waals surface area contributed by atoms with Crippen molar-refractivity contribution in [2.24, 2.45) is 0 Å². The molecule has 0 spiro atoms. The molecule has 3 aliphatic rings. The molecule has 1 aromatic carbocycles. The van der Waals surface area contributed by atoms with Crippen LogP contribution in [-0.2, 0) is 34.8 Å². The number of hydrogen-bond acceptors (Lipinski definition) is 8. The van der Waals surface area contributed by atoms with Gasteiger partial charge in [-0.3, -0.25) is 0 Å². The molecule has 1 N–H and O–H groups in total.